The van der Waals surface area contributed by atoms with E-state index in [4.69, 9.17) is 16.3 Å². The van der Waals surface area contributed by atoms with Crippen LogP contribution in [0.2, 0.25) is 5.02 Å². The van der Waals surface area contributed by atoms with Gasteiger partial charge in [-0.1, -0.05) is 56.7 Å². The molecule has 0 saturated heterocycles. The van der Waals surface area contributed by atoms with Gasteiger partial charge >= 0.3 is 0 Å². The van der Waals surface area contributed by atoms with E-state index in [1.807, 2.05) is 52.1 Å². The minimum absolute atomic E-state index is 0.0792. The molecule has 10 heteroatoms. The first-order chi connectivity index (χ1) is 19.0. The molecule has 0 heterocycles. The lowest BCUT2D eigenvalue weighted by atomic mass is 9.88. The first-order valence-corrected chi connectivity index (χ1v) is 14.1. The van der Waals surface area contributed by atoms with Gasteiger partial charge in [0.05, 0.1) is 18.2 Å². The number of hydrogen-bond donors (Lipinski definition) is 4. The zero-order chi connectivity index (χ0) is 29.7. The normalized spacial score (nSPS) is 15.3. The van der Waals surface area contributed by atoms with Crippen LogP contribution in [0.4, 0.5) is 0 Å². The molecule has 0 aliphatic heterocycles. The molecule has 1 aromatic carbocycles. The molecule has 1 aliphatic rings. The number of nitrogens with one attached hydrogen (secondary N) is 4. The summed E-state index contributed by atoms with van der Waals surface area (Å²) in [7, 11) is 3.75. The van der Waals surface area contributed by atoms with Gasteiger partial charge in [0, 0.05) is 43.7 Å². The Kier molecular flexibility index (Phi) is 13.2. The number of halogens is 1. The summed E-state index contributed by atoms with van der Waals surface area (Å²) < 4.78 is 5.56. The molecular weight excluding hydrogens is 530 g/mol. The van der Waals surface area contributed by atoms with Crippen LogP contribution in [-0.4, -0.2) is 69.0 Å². The van der Waals surface area contributed by atoms with Crippen molar-refractivity contribution in [3.05, 3.63) is 64.5 Å². The first-order valence-electron chi connectivity index (χ1n) is 13.7. The molecule has 0 spiro atoms. The molecule has 1 atom stereocenters. The maximum Gasteiger partial charge on any atom is 0.270 e. The summed E-state index contributed by atoms with van der Waals surface area (Å²) in [6, 6.07) is 4.74. The highest BCUT2D eigenvalue weighted by Gasteiger charge is 2.27. The predicted octanol–water partition coefficient (Wildman–Crippen LogP) is 3.77. The summed E-state index contributed by atoms with van der Waals surface area (Å²) in [4.78, 5) is 41.6. The van der Waals surface area contributed by atoms with Crippen LogP contribution in [0.25, 0.3) is 0 Å². The Hall–Kier alpha value is -3.30. The van der Waals surface area contributed by atoms with Crippen LogP contribution >= 0.6 is 11.6 Å². The number of hydrogen-bond acceptors (Lipinski definition) is 6. The molecule has 1 aliphatic carbocycles. The summed E-state index contributed by atoms with van der Waals surface area (Å²) in [6.45, 7) is 9.88. The Morgan fingerprint density at radius 1 is 1.18 bits per heavy atom. The molecule has 220 valence electrons. The number of carbonyl (C=O) groups excluding carboxylic acids is 3. The number of rotatable bonds is 15. The van der Waals surface area contributed by atoms with Crippen molar-refractivity contribution in [1.82, 2.24) is 26.2 Å². The molecule has 9 nitrogen and oxygen atoms in total. The fraction of sp³-hybridized carbons (Fsp3) is 0.500. The highest BCUT2D eigenvalue weighted by Crippen LogP contribution is 2.24. The Balaban J connectivity index is 2.13. The summed E-state index contributed by atoms with van der Waals surface area (Å²) >= 11 is 6.10. The average Bonchev–Trinajstić information content (AvgIpc) is 2.92. The number of allylic oxidation sites excluding steroid dienone is 2. The molecule has 2 rings (SSSR count). The zero-order valence-electron chi connectivity index (χ0n) is 24.5. The van der Waals surface area contributed by atoms with Gasteiger partial charge in [0.1, 0.15) is 11.4 Å². The number of benzene rings is 1. The third kappa shape index (κ3) is 10.7. The van der Waals surface area contributed by atoms with Gasteiger partial charge in [-0.25, -0.2) is 0 Å². The van der Waals surface area contributed by atoms with Gasteiger partial charge in [-0.05, 0) is 50.6 Å². The lowest BCUT2D eigenvalue weighted by molar-refractivity contribution is -0.125. The molecule has 40 heavy (non-hydrogen) atoms. The van der Waals surface area contributed by atoms with E-state index < -0.39 is 5.41 Å². The van der Waals surface area contributed by atoms with Gasteiger partial charge in [-0.3, -0.25) is 14.4 Å². The average molecular weight is 574 g/mol. The van der Waals surface area contributed by atoms with Crippen molar-refractivity contribution in [2.24, 2.45) is 5.41 Å². The van der Waals surface area contributed by atoms with E-state index in [9.17, 15) is 14.4 Å². The molecule has 0 radical (unpaired) electrons. The van der Waals surface area contributed by atoms with Crippen molar-refractivity contribution in [1.29, 1.82) is 0 Å². The van der Waals surface area contributed by atoms with E-state index >= 15 is 0 Å². The van der Waals surface area contributed by atoms with Crippen molar-refractivity contribution in [3.63, 3.8) is 0 Å². The molecule has 3 amide bonds. The predicted molar refractivity (Wildman–Crippen MR) is 160 cm³/mol. The second-order valence-electron chi connectivity index (χ2n) is 10.5. The Bertz CT molecular complexity index is 1130. The summed E-state index contributed by atoms with van der Waals surface area (Å²) in [5.41, 5.74) is 0.584. The van der Waals surface area contributed by atoms with Gasteiger partial charge in [0.25, 0.3) is 11.8 Å². The summed E-state index contributed by atoms with van der Waals surface area (Å²) in [5.74, 6) is -0.570. The Labute approximate surface area is 243 Å². The zero-order valence-corrected chi connectivity index (χ0v) is 25.3. The monoisotopic (exact) mass is 573 g/mol. The van der Waals surface area contributed by atoms with E-state index in [1.165, 1.54) is 0 Å². The number of amides is 3. The van der Waals surface area contributed by atoms with Crippen LogP contribution in [0.3, 0.4) is 0 Å². The van der Waals surface area contributed by atoms with Crippen LogP contribution in [0, 0.1) is 5.41 Å². The topological polar surface area (TPSA) is 112 Å². The minimum atomic E-state index is -0.606. The third-order valence-electron chi connectivity index (χ3n) is 6.53. The van der Waals surface area contributed by atoms with E-state index in [2.05, 4.69) is 33.1 Å². The maximum absolute atomic E-state index is 13.3. The van der Waals surface area contributed by atoms with Gasteiger partial charge in [-0.2, -0.15) is 0 Å². The van der Waals surface area contributed by atoms with Crippen molar-refractivity contribution in [3.8, 4) is 5.75 Å². The second kappa shape index (κ2) is 16.1. The fourth-order valence-electron chi connectivity index (χ4n) is 4.09. The largest absolute Gasteiger partial charge is 0.493 e. The molecule has 0 bridgehead atoms. The van der Waals surface area contributed by atoms with Gasteiger partial charge in [0.2, 0.25) is 5.91 Å². The molecule has 0 aromatic heterocycles. The van der Waals surface area contributed by atoms with E-state index in [-0.39, 0.29) is 42.4 Å². The molecule has 4 N–H and O–H groups in total. The number of carbonyl (C=O) groups is 3. The second-order valence-corrected chi connectivity index (χ2v) is 11.0. The Morgan fingerprint density at radius 3 is 2.55 bits per heavy atom. The van der Waals surface area contributed by atoms with Crippen molar-refractivity contribution in [2.75, 3.05) is 40.3 Å². The van der Waals surface area contributed by atoms with Crippen molar-refractivity contribution in [2.45, 2.75) is 53.0 Å². The lowest BCUT2D eigenvalue weighted by Crippen LogP contribution is -2.43. The van der Waals surface area contributed by atoms with Crippen LogP contribution in [-0.2, 0) is 9.59 Å². The molecule has 1 unspecified atom stereocenters. The van der Waals surface area contributed by atoms with E-state index in [0.29, 0.717) is 41.5 Å². The maximum atomic E-state index is 13.3. The van der Waals surface area contributed by atoms with Crippen LogP contribution in [0.1, 0.15) is 57.3 Å². The minimum Gasteiger partial charge on any atom is -0.493 e. The van der Waals surface area contributed by atoms with Gasteiger partial charge in [0.15, 0.2) is 0 Å². The number of nitrogens with zero attached hydrogens (tertiary/aromatic N) is 1. The number of ether oxygens (including phenoxy) is 1. The third-order valence-corrected chi connectivity index (χ3v) is 6.76. The SMILES string of the molecule is CCOc1ccc(Cl)cc1C(=O)NCC(C)(C)CC(=O)N/C(C(=O)NC1C=CC=CC1)=C(\CCN(C)CC)NC. The molecule has 1 aromatic rings. The highest BCUT2D eigenvalue weighted by atomic mass is 35.5. The van der Waals surface area contributed by atoms with Crippen LogP contribution in [0.5, 0.6) is 5.75 Å². The molecular formula is C30H44ClN5O4. The summed E-state index contributed by atoms with van der Waals surface area (Å²) in [5, 5.41) is 12.3. The first kappa shape index (κ1) is 32.9. The highest BCUT2D eigenvalue weighted by molar-refractivity contribution is 6.31. The van der Waals surface area contributed by atoms with Crippen molar-refractivity contribution < 1.29 is 19.1 Å². The molecule has 0 saturated carbocycles. The fourth-order valence-corrected chi connectivity index (χ4v) is 4.26. The lowest BCUT2D eigenvalue weighted by Gasteiger charge is -2.26. The quantitative estimate of drug-likeness (QED) is 0.238. The van der Waals surface area contributed by atoms with Gasteiger partial charge < -0.3 is 30.9 Å². The molecule has 0 fully saturated rings. The van der Waals surface area contributed by atoms with Crippen molar-refractivity contribution >= 4 is 29.3 Å². The van der Waals surface area contributed by atoms with Crippen LogP contribution < -0.4 is 26.0 Å². The van der Waals surface area contributed by atoms with E-state index in [0.717, 1.165) is 13.1 Å². The standard InChI is InChI=1S/C30H44ClN5O4/c1-7-36(6)17-16-24(32-5)27(29(39)34-22-12-10-9-11-13-22)35-26(37)19-30(3,4)20-33-28(38)23-18-21(31)14-15-25(23)40-8-2/h9-12,14-15,18,22,32H,7-8,13,16-17,19-20H2,1-6H3,(H,33,38)(H,34,39)(H,35,37)/b27-24+. The smallest absolute Gasteiger partial charge is 0.270 e. The Morgan fingerprint density at radius 2 is 1.93 bits per heavy atom. The van der Waals surface area contributed by atoms with Crippen LogP contribution in [0.15, 0.2) is 53.9 Å². The summed E-state index contributed by atoms with van der Waals surface area (Å²) in [6.07, 6.45) is 9.06. The van der Waals surface area contributed by atoms with E-state index in [1.54, 1.807) is 25.2 Å². The van der Waals surface area contributed by atoms with Gasteiger partial charge in [-0.15, -0.1) is 0 Å².